The van der Waals surface area contributed by atoms with E-state index in [9.17, 15) is 22.4 Å². The van der Waals surface area contributed by atoms with E-state index < -0.39 is 24.6 Å². The van der Waals surface area contributed by atoms with Gasteiger partial charge in [0.25, 0.3) is 0 Å². The molecule has 1 aromatic rings. The van der Waals surface area contributed by atoms with Crippen molar-refractivity contribution in [3.63, 3.8) is 0 Å². The lowest BCUT2D eigenvalue weighted by atomic mass is 10.2. The van der Waals surface area contributed by atoms with Crippen LogP contribution < -0.4 is 4.74 Å². The summed E-state index contributed by atoms with van der Waals surface area (Å²) in [6, 6.07) is 2.93. The normalized spacial score (nSPS) is 11.4. The minimum atomic E-state index is -4.39. The highest BCUT2D eigenvalue weighted by Crippen LogP contribution is 2.20. The third-order valence-corrected chi connectivity index (χ3v) is 2.13. The minimum Gasteiger partial charge on any atom is -0.492 e. The quantitative estimate of drug-likeness (QED) is 0.621. The van der Waals surface area contributed by atoms with Crippen molar-refractivity contribution in [2.24, 2.45) is 0 Å². The first kappa shape index (κ1) is 16.2. The van der Waals surface area contributed by atoms with Gasteiger partial charge in [0.2, 0.25) is 0 Å². The third kappa shape index (κ3) is 5.87. The van der Waals surface area contributed by atoms with E-state index in [1.54, 1.807) is 0 Å². The number of benzene rings is 1. The maximum atomic E-state index is 12.9. The molecule has 0 saturated carbocycles. The van der Waals surface area contributed by atoms with Gasteiger partial charge in [0, 0.05) is 12.5 Å². The van der Waals surface area contributed by atoms with Gasteiger partial charge in [-0.2, -0.15) is 13.2 Å². The smallest absolute Gasteiger partial charge is 0.411 e. The molecule has 0 aromatic heterocycles. The Balaban J connectivity index is 2.38. The van der Waals surface area contributed by atoms with Gasteiger partial charge in [-0.3, -0.25) is 0 Å². The van der Waals surface area contributed by atoms with E-state index in [1.165, 1.54) is 0 Å². The Hall–Kier alpha value is -1.83. The molecular formula is C12H12F4O4. The first-order valence-electron chi connectivity index (χ1n) is 5.60. The van der Waals surface area contributed by atoms with Crippen molar-refractivity contribution >= 4 is 5.97 Å². The van der Waals surface area contributed by atoms with Crippen LogP contribution in [0.5, 0.6) is 5.75 Å². The Morgan fingerprint density at radius 2 is 1.95 bits per heavy atom. The van der Waals surface area contributed by atoms with Gasteiger partial charge in [-0.1, -0.05) is 0 Å². The molecule has 0 saturated heterocycles. The topological polar surface area (TPSA) is 55.8 Å². The van der Waals surface area contributed by atoms with Crippen molar-refractivity contribution in [2.45, 2.75) is 12.6 Å². The zero-order valence-electron chi connectivity index (χ0n) is 10.2. The fourth-order valence-corrected chi connectivity index (χ4v) is 1.32. The number of hydrogen-bond donors (Lipinski definition) is 1. The van der Waals surface area contributed by atoms with E-state index in [0.717, 1.165) is 18.2 Å². The van der Waals surface area contributed by atoms with Gasteiger partial charge < -0.3 is 14.6 Å². The molecule has 0 fully saturated rings. The Morgan fingerprint density at radius 3 is 2.55 bits per heavy atom. The van der Waals surface area contributed by atoms with E-state index in [0.29, 0.717) is 0 Å². The highest BCUT2D eigenvalue weighted by molar-refractivity contribution is 5.90. The molecule has 0 unspecified atom stereocenters. The number of rotatable bonds is 7. The molecule has 0 spiro atoms. The van der Waals surface area contributed by atoms with Crippen molar-refractivity contribution in [3.05, 3.63) is 29.6 Å². The predicted molar refractivity (Wildman–Crippen MR) is 60.3 cm³/mol. The average molecular weight is 296 g/mol. The van der Waals surface area contributed by atoms with Gasteiger partial charge in [0.05, 0.1) is 13.2 Å². The molecule has 0 atom stereocenters. The van der Waals surface area contributed by atoms with Crippen LogP contribution in [-0.4, -0.2) is 37.1 Å². The van der Waals surface area contributed by atoms with Crippen LogP contribution in [0.3, 0.4) is 0 Å². The van der Waals surface area contributed by atoms with Crippen molar-refractivity contribution < 1.29 is 36.9 Å². The van der Waals surface area contributed by atoms with Gasteiger partial charge in [0.15, 0.2) is 0 Å². The van der Waals surface area contributed by atoms with Gasteiger partial charge in [0.1, 0.15) is 23.7 Å². The summed E-state index contributed by atoms with van der Waals surface area (Å²) < 4.78 is 57.6. The molecule has 8 heteroatoms. The molecule has 20 heavy (non-hydrogen) atoms. The summed E-state index contributed by atoms with van der Waals surface area (Å²) in [6.07, 6.45) is -4.27. The van der Waals surface area contributed by atoms with Crippen molar-refractivity contribution in [2.75, 3.05) is 19.8 Å². The highest BCUT2D eigenvalue weighted by atomic mass is 19.4. The fourth-order valence-electron chi connectivity index (χ4n) is 1.32. The van der Waals surface area contributed by atoms with Crippen LogP contribution >= 0.6 is 0 Å². The summed E-state index contributed by atoms with van der Waals surface area (Å²) in [5.41, 5.74) is -0.220. The van der Waals surface area contributed by atoms with Crippen LogP contribution in [0, 0.1) is 5.82 Å². The van der Waals surface area contributed by atoms with Gasteiger partial charge in [-0.05, 0) is 12.1 Å². The maximum Gasteiger partial charge on any atom is 0.411 e. The average Bonchev–Trinajstić information content (AvgIpc) is 2.32. The second-order valence-electron chi connectivity index (χ2n) is 3.82. The monoisotopic (exact) mass is 296 g/mol. The van der Waals surface area contributed by atoms with E-state index in [2.05, 4.69) is 4.74 Å². The van der Waals surface area contributed by atoms with Crippen molar-refractivity contribution in [1.29, 1.82) is 0 Å². The van der Waals surface area contributed by atoms with Crippen molar-refractivity contribution in [1.82, 2.24) is 0 Å². The summed E-state index contributed by atoms with van der Waals surface area (Å²) in [4.78, 5) is 10.8. The molecule has 4 nitrogen and oxygen atoms in total. The van der Waals surface area contributed by atoms with Gasteiger partial charge in [-0.25, -0.2) is 9.18 Å². The molecule has 1 aromatic carbocycles. The van der Waals surface area contributed by atoms with Crippen LogP contribution in [0.25, 0.3) is 0 Å². The largest absolute Gasteiger partial charge is 0.492 e. The van der Waals surface area contributed by atoms with Crippen LogP contribution in [0.2, 0.25) is 0 Å². The van der Waals surface area contributed by atoms with Crippen LogP contribution in [0.4, 0.5) is 17.6 Å². The van der Waals surface area contributed by atoms with Gasteiger partial charge in [-0.15, -0.1) is 0 Å². The molecule has 0 aliphatic heterocycles. The summed E-state index contributed by atoms with van der Waals surface area (Å²) in [5, 5.41) is 8.83. The number of hydrogen-bond acceptors (Lipinski definition) is 3. The van der Waals surface area contributed by atoms with E-state index in [4.69, 9.17) is 9.84 Å². The molecule has 0 heterocycles. The number of carbonyl (C=O) groups is 1. The number of alkyl halides is 3. The zero-order chi connectivity index (χ0) is 15.2. The zero-order valence-corrected chi connectivity index (χ0v) is 10.2. The number of carboxylic acids is 1. The Morgan fingerprint density at radius 1 is 1.25 bits per heavy atom. The summed E-state index contributed by atoms with van der Waals surface area (Å²) in [6.45, 7) is -1.63. The maximum absolute atomic E-state index is 12.9. The van der Waals surface area contributed by atoms with Crippen LogP contribution in [0.15, 0.2) is 18.2 Å². The Bertz CT molecular complexity index is 459. The molecule has 0 radical (unpaired) electrons. The molecule has 1 rings (SSSR count). The van der Waals surface area contributed by atoms with E-state index in [-0.39, 0.29) is 30.9 Å². The van der Waals surface area contributed by atoms with Crippen LogP contribution in [-0.2, 0) is 4.74 Å². The fraction of sp³-hybridized carbons (Fsp3) is 0.417. The third-order valence-electron chi connectivity index (χ3n) is 2.13. The van der Waals surface area contributed by atoms with E-state index >= 15 is 0 Å². The molecule has 0 aliphatic carbocycles. The SMILES string of the molecule is O=C(O)c1ccc(F)cc1OCCCOCC(F)(F)F. The Labute approximate surface area is 111 Å². The molecule has 0 amide bonds. The first-order valence-corrected chi connectivity index (χ1v) is 5.60. The lowest BCUT2D eigenvalue weighted by Gasteiger charge is -2.10. The summed E-state index contributed by atoms with van der Waals surface area (Å²) >= 11 is 0. The summed E-state index contributed by atoms with van der Waals surface area (Å²) in [7, 11) is 0. The van der Waals surface area contributed by atoms with E-state index in [1.807, 2.05) is 0 Å². The molecule has 112 valence electrons. The lowest BCUT2D eigenvalue weighted by molar-refractivity contribution is -0.174. The summed E-state index contributed by atoms with van der Waals surface area (Å²) in [5.74, 6) is -2.13. The Kier molecular flexibility index (Phi) is 5.75. The molecule has 0 aliphatic rings. The number of carboxylic acid groups (broad SMARTS) is 1. The second-order valence-corrected chi connectivity index (χ2v) is 3.82. The molecule has 0 bridgehead atoms. The van der Waals surface area contributed by atoms with Crippen molar-refractivity contribution in [3.8, 4) is 5.75 Å². The highest BCUT2D eigenvalue weighted by Gasteiger charge is 2.27. The number of aromatic carboxylic acids is 1. The van der Waals surface area contributed by atoms with Gasteiger partial charge >= 0.3 is 12.1 Å². The standard InChI is InChI=1S/C12H12F4O4/c13-8-2-3-9(11(17)18)10(6-8)20-5-1-4-19-7-12(14,15)16/h2-3,6H,1,4-5,7H2,(H,17,18). The number of halogens is 4. The number of ether oxygens (including phenoxy) is 2. The second kappa shape index (κ2) is 7.09. The predicted octanol–water partition coefficient (Wildman–Crippen LogP) is 2.87. The minimum absolute atomic E-state index is 0.0818. The lowest BCUT2D eigenvalue weighted by Crippen LogP contribution is -2.18. The van der Waals surface area contributed by atoms with Crippen LogP contribution in [0.1, 0.15) is 16.8 Å². The first-order chi connectivity index (χ1) is 9.29. The molecule has 1 N–H and O–H groups in total. The molecular weight excluding hydrogens is 284 g/mol.